The summed E-state index contributed by atoms with van der Waals surface area (Å²) in [7, 11) is 0. The first-order valence-electron chi connectivity index (χ1n) is 7.93. The fourth-order valence-corrected chi connectivity index (χ4v) is 2.42. The van der Waals surface area contributed by atoms with Crippen LogP contribution < -0.4 is 16.0 Å². The molecule has 0 bridgehead atoms. The summed E-state index contributed by atoms with van der Waals surface area (Å²) in [6, 6.07) is 1.84. The standard InChI is InChI=1S/C16H23N3O5S/c1-4-7-17-16(23)18-12(20)9-24-15(22)13(10(2)3)19-14(21)11-6-5-8-25-11/h5-6,8,10,13H,4,7,9H2,1-3H3,(H,19,21)(H2,17,18,20,23). The van der Waals surface area contributed by atoms with Crippen molar-refractivity contribution in [3.8, 4) is 0 Å². The van der Waals surface area contributed by atoms with E-state index < -0.39 is 30.6 Å². The summed E-state index contributed by atoms with van der Waals surface area (Å²) in [5.41, 5.74) is 0. The third-order valence-electron chi connectivity index (χ3n) is 3.09. The third-order valence-corrected chi connectivity index (χ3v) is 3.95. The minimum absolute atomic E-state index is 0.229. The lowest BCUT2D eigenvalue weighted by molar-refractivity contribution is -0.151. The first-order chi connectivity index (χ1) is 11.8. The van der Waals surface area contributed by atoms with Crippen molar-refractivity contribution in [3.05, 3.63) is 22.4 Å². The predicted molar refractivity (Wildman–Crippen MR) is 93.2 cm³/mol. The van der Waals surface area contributed by atoms with E-state index in [0.29, 0.717) is 11.4 Å². The number of thiophene rings is 1. The highest BCUT2D eigenvalue weighted by Gasteiger charge is 2.27. The smallest absolute Gasteiger partial charge is 0.329 e. The number of amides is 4. The first kappa shape index (κ1) is 20.6. The van der Waals surface area contributed by atoms with Crippen LogP contribution in [0, 0.1) is 5.92 Å². The van der Waals surface area contributed by atoms with Gasteiger partial charge in [0.1, 0.15) is 6.04 Å². The molecule has 1 heterocycles. The Morgan fingerprint density at radius 1 is 1.24 bits per heavy atom. The van der Waals surface area contributed by atoms with E-state index in [4.69, 9.17) is 4.74 Å². The van der Waals surface area contributed by atoms with Gasteiger partial charge in [-0.1, -0.05) is 26.8 Å². The number of carbonyl (C=O) groups excluding carboxylic acids is 4. The molecule has 4 amide bonds. The zero-order chi connectivity index (χ0) is 18.8. The molecule has 9 heteroatoms. The molecule has 1 aromatic heterocycles. The van der Waals surface area contributed by atoms with Crippen molar-refractivity contribution < 1.29 is 23.9 Å². The van der Waals surface area contributed by atoms with E-state index in [1.54, 1.807) is 31.4 Å². The average molecular weight is 369 g/mol. The van der Waals surface area contributed by atoms with Crippen molar-refractivity contribution in [2.45, 2.75) is 33.2 Å². The monoisotopic (exact) mass is 369 g/mol. The summed E-state index contributed by atoms with van der Waals surface area (Å²) < 4.78 is 4.91. The molecule has 0 spiro atoms. The Labute approximate surface area is 150 Å². The van der Waals surface area contributed by atoms with Crippen LogP contribution in [-0.2, 0) is 14.3 Å². The lowest BCUT2D eigenvalue weighted by atomic mass is 10.0. The summed E-state index contributed by atoms with van der Waals surface area (Å²) in [4.78, 5) is 47.6. The molecular weight excluding hydrogens is 346 g/mol. The molecule has 8 nitrogen and oxygen atoms in total. The molecule has 1 aromatic rings. The van der Waals surface area contributed by atoms with Gasteiger partial charge in [0.2, 0.25) is 0 Å². The summed E-state index contributed by atoms with van der Waals surface area (Å²) in [5.74, 6) is -2.08. The Bertz CT molecular complexity index is 601. The summed E-state index contributed by atoms with van der Waals surface area (Å²) in [6.45, 7) is 5.21. The number of imide groups is 1. The average Bonchev–Trinajstić information content (AvgIpc) is 3.09. The van der Waals surface area contributed by atoms with Gasteiger partial charge >= 0.3 is 12.0 Å². The van der Waals surface area contributed by atoms with Crippen LogP contribution >= 0.6 is 11.3 Å². The molecule has 3 N–H and O–H groups in total. The molecule has 0 fully saturated rings. The van der Waals surface area contributed by atoms with Crippen molar-refractivity contribution in [3.63, 3.8) is 0 Å². The number of hydrogen-bond acceptors (Lipinski definition) is 6. The maximum absolute atomic E-state index is 12.1. The van der Waals surface area contributed by atoms with Crippen LogP contribution in [0.2, 0.25) is 0 Å². The molecule has 0 saturated heterocycles. The summed E-state index contributed by atoms with van der Waals surface area (Å²) in [5, 5.41) is 8.87. The highest BCUT2D eigenvalue weighted by atomic mass is 32.1. The Hall–Kier alpha value is -2.42. The van der Waals surface area contributed by atoms with Crippen molar-refractivity contribution in [2.24, 2.45) is 5.92 Å². The van der Waals surface area contributed by atoms with Crippen LogP contribution in [0.1, 0.15) is 36.9 Å². The van der Waals surface area contributed by atoms with Crippen LogP contribution in [0.15, 0.2) is 17.5 Å². The zero-order valence-electron chi connectivity index (χ0n) is 14.5. The number of esters is 1. The minimum atomic E-state index is -0.892. The lowest BCUT2D eigenvalue weighted by Crippen LogP contribution is -2.47. The Kier molecular flexibility index (Phi) is 8.62. The number of hydrogen-bond donors (Lipinski definition) is 3. The second-order valence-corrected chi connectivity index (χ2v) is 6.53. The Balaban J connectivity index is 2.49. The van der Waals surface area contributed by atoms with E-state index in [-0.39, 0.29) is 11.8 Å². The Morgan fingerprint density at radius 3 is 2.52 bits per heavy atom. The van der Waals surface area contributed by atoms with Crippen LogP contribution in [0.4, 0.5) is 4.79 Å². The van der Waals surface area contributed by atoms with Gasteiger partial charge in [0.25, 0.3) is 11.8 Å². The van der Waals surface area contributed by atoms with Gasteiger partial charge in [-0.3, -0.25) is 14.9 Å². The molecule has 0 radical (unpaired) electrons. The summed E-state index contributed by atoms with van der Waals surface area (Å²) >= 11 is 1.26. The normalized spacial score (nSPS) is 11.5. The quantitative estimate of drug-likeness (QED) is 0.598. The van der Waals surface area contributed by atoms with Crippen LogP contribution in [0.3, 0.4) is 0 Å². The minimum Gasteiger partial charge on any atom is -0.454 e. The largest absolute Gasteiger partial charge is 0.454 e. The van der Waals surface area contributed by atoms with Gasteiger partial charge in [-0.15, -0.1) is 11.3 Å². The van der Waals surface area contributed by atoms with E-state index in [9.17, 15) is 19.2 Å². The highest BCUT2D eigenvalue weighted by molar-refractivity contribution is 7.12. The number of ether oxygens (including phenoxy) is 1. The van der Waals surface area contributed by atoms with Crippen molar-refractivity contribution in [2.75, 3.05) is 13.2 Å². The lowest BCUT2D eigenvalue weighted by Gasteiger charge is -2.20. The van der Waals surface area contributed by atoms with Gasteiger partial charge in [0.05, 0.1) is 4.88 Å². The first-order valence-corrected chi connectivity index (χ1v) is 8.81. The SMILES string of the molecule is CCCNC(=O)NC(=O)COC(=O)C(NC(=O)c1cccs1)C(C)C. The molecule has 138 valence electrons. The summed E-state index contributed by atoms with van der Waals surface area (Å²) in [6.07, 6.45) is 0.733. The fourth-order valence-electron chi connectivity index (χ4n) is 1.79. The number of rotatable bonds is 8. The number of urea groups is 1. The number of carbonyl (C=O) groups is 4. The van der Waals surface area contributed by atoms with E-state index in [1.807, 2.05) is 12.2 Å². The zero-order valence-corrected chi connectivity index (χ0v) is 15.3. The van der Waals surface area contributed by atoms with Gasteiger partial charge in [-0.25, -0.2) is 9.59 Å². The molecule has 0 aromatic carbocycles. The molecule has 0 saturated carbocycles. The maximum Gasteiger partial charge on any atom is 0.329 e. The second kappa shape index (κ2) is 10.4. The van der Waals surface area contributed by atoms with Gasteiger partial charge in [-0.05, 0) is 23.8 Å². The maximum atomic E-state index is 12.1. The molecule has 25 heavy (non-hydrogen) atoms. The molecule has 1 atom stereocenters. The van der Waals surface area contributed by atoms with Gasteiger partial charge in [0, 0.05) is 6.54 Å². The van der Waals surface area contributed by atoms with E-state index >= 15 is 0 Å². The van der Waals surface area contributed by atoms with Crippen molar-refractivity contribution in [1.29, 1.82) is 0 Å². The van der Waals surface area contributed by atoms with E-state index in [0.717, 1.165) is 6.42 Å². The molecule has 1 rings (SSSR count). The molecule has 0 aliphatic carbocycles. The van der Waals surface area contributed by atoms with Gasteiger partial charge in [-0.2, -0.15) is 0 Å². The van der Waals surface area contributed by atoms with Crippen LogP contribution in [-0.4, -0.2) is 43.0 Å². The number of nitrogens with one attached hydrogen (secondary N) is 3. The highest BCUT2D eigenvalue weighted by Crippen LogP contribution is 2.11. The van der Waals surface area contributed by atoms with Crippen LogP contribution in [0.5, 0.6) is 0 Å². The van der Waals surface area contributed by atoms with Crippen molar-refractivity contribution >= 4 is 35.2 Å². The van der Waals surface area contributed by atoms with E-state index in [1.165, 1.54) is 11.3 Å². The second-order valence-electron chi connectivity index (χ2n) is 5.58. The predicted octanol–water partition coefficient (Wildman–Crippen LogP) is 1.28. The molecule has 0 aliphatic rings. The van der Waals surface area contributed by atoms with Gasteiger partial charge in [0.15, 0.2) is 6.61 Å². The van der Waals surface area contributed by atoms with Crippen molar-refractivity contribution in [1.82, 2.24) is 16.0 Å². The third kappa shape index (κ3) is 7.34. The Morgan fingerprint density at radius 2 is 1.96 bits per heavy atom. The van der Waals surface area contributed by atoms with Crippen LogP contribution in [0.25, 0.3) is 0 Å². The van der Waals surface area contributed by atoms with Gasteiger partial charge < -0.3 is 15.4 Å². The van der Waals surface area contributed by atoms with E-state index in [2.05, 4.69) is 10.6 Å². The molecular formula is C16H23N3O5S. The topological polar surface area (TPSA) is 114 Å². The molecule has 1 unspecified atom stereocenters. The molecule has 0 aliphatic heterocycles. The fraction of sp³-hybridized carbons (Fsp3) is 0.500.